The second-order valence-corrected chi connectivity index (χ2v) is 9.01. The number of nitrogens with zero attached hydrogens (tertiary/aromatic N) is 1. The molecular formula is C22H30N2O4S. The Labute approximate surface area is 173 Å². The van der Waals surface area contributed by atoms with Crippen LogP contribution in [0.3, 0.4) is 0 Å². The van der Waals surface area contributed by atoms with Crippen LogP contribution in [0.5, 0.6) is 5.75 Å². The van der Waals surface area contributed by atoms with Crippen LogP contribution in [0, 0.1) is 13.8 Å². The van der Waals surface area contributed by atoms with Gasteiger partial charge in [-0.2, -0.15) is 0 Å². The second kappa shape index (κ2) is 10.3. The van der Waals surface area contributed by atoms with E-state index in [9.17, 15) is 13.2 Å². The average molecular weight is 419 g/mol. The van der Waals surface area contributed by atoms with Crippen molar-refractivity contribution in [2.75, 3.05) is 30.3 Å². The molecule has 0 aromatic heterocycles. The van der Waals surface area contributed by atoms with Crippen LogP contribution in [0.25, 0.3) is 0 Å². The summed E-state index contributed by atoms with van der Waals surface area (Å²) in [6, 6.07) is 13.4. The van der Waals surface area contributed by atoms with E-state index >= 15 is 0 Å². The van der Waals surface area contributed by atoms with E-state index in [0.29, 0.717) is 18.8 Å². The maximum atomic E-state index is 12.4. The van der Waals surface area contributed by atoms with E-state index in [1.807, 2.05) is 56.3 Å². The van der Waals surface area contributed by atoms with Crippen LogP contribution in [-0.4, -0.2) is 40.3 Å². The van der Waals surface area contributed by atoms with Crippen molar-refractivity contribution >= 4 is 21.6 Å². The first-order valence-corrected chi connectivity index (χ1v) is 11.6. The van der Waals surface area contributed by atoms with Crippen molar-refractivity contribution in [3.05, 3.63) is 59.2 Å². The van der Waals surface area contributed by atoms with Gasteiger partial charge in [-0.1, -0.05) is 43.7 Å². The molecule has 2 aromatic carbocycles. The SMILES string of the molecule is CCCc1ccc(OCCNC(=O)CN(c2c(C)cccc2C)S(C)(=O)=O)cc1. The molecule has 0 unspecified atom stereocenters. The molecule has 0 heterocycles. The Balaban J connectivity index is 1.91. The van der Waals surface area contributed by atoms with Gasteiger partial charge in [0, 0.05) is 0 Å². The van der Waals surface area contributed by atoms with Gasteiger partial charge in [0.1, 0.15) is 18.9 Å². The first-order chi connectivity index (χ1) is 13.7. The van der Waals surface area contributed by atoms with Crippen LogP contribution in [0.2, 0.25) is 0 Å². The minimum absolute atomic E-state index is 0.268. The molecule has 0 fully saturated rings. The molecule has 1 N–H and O–H groups in total. The maximum absolute atomic E-state index is 12.4. The molecule has 2 rings (SSSR count). The Hall–Kier alpha value is -2.54. The van der Waals surface area contributed by atoms with Gasteiger partial charge < -0.3 is 10.1 Å². The zero-order valence-electron chi connectivity index (χ0n) is 17.6. The van der Waals surface area contributed by atoms with Gasteiger partial charge in [0.15, 0.2) is 0 Å². The standard InChI is InChI=1S/C22H30N2O4S/c1-5-7-19-10-12-20(13-11-19)28-15-14-23-21(25)16-24(29(4,26)27)22-17(2)8-6-9-18(22)3/h6,8-13H,5,7,14-16H2,1-4H3,(H,23,25). The lowest BCUT2D eigenvalue weighted by atomic mass is 10.1. The number of sulfonamides is 1. The highest BCUT2D eigenvalue weighted by Crippen LogP contribution is 2.26. The number of benzene rings is 2. The summed E-state index contributed by atoms with van der Waals surface area (Å²) < 4.78 is 31.4. The summed E-state index contributed by atoms with van der Waals surface area (Å²) in [5.41, 5.74) is 3.42. The number of hydrogen-bond acceptors (Lipinski definition) is 4. The molecule has 0 radical (unpaired) electrons. The summed E-state index contributed by atoms with van der Waals surface area (Å²) in [5.74, 6) is 0.368. The van der Waals surface area contributed by atoms with Crippen molar-refractivity contribution in [2.45, 2.75) is 33.6 Å². The Kier molecular flexibility index (Phi) is 8.08. The van der Waals surface area contributed by atoms with Gasteiger partial charge in [0.05, 0.1) is 18.5 Å². The Morgan fingerprint density at radius 2 is 1.69 bits per heavy atom. The van der Waals surface area contributed by atoms with Crippen LogP contribution in [-0.2, 0) is 21.2 Å². The number of amides is 1. The Bertz CT molecular complexity index is 904. The molecule has 0 saturated carbocycles. The minimum Gasteiger partial charge on any atom is -0.492 e. The van der Waals surface area contributed by atoms with Gasteiger partial charge >= 0.3 is 0 Å². The number of ether oxygens (including phenoxy) is 1. The van der Waals surface area contributed by atoms with Gasteiger partial charge in [-0.3, -0.25) is 9.10 Å². The highest BCUT2D eigenvalue weighted by molar-refractivity contribution is 7.92. The summed E-state index contributed by atoms with van der Waals surface area (Å²) in [6.45, 7) is 6.13. The molecule has 0 saturated heterocycles. The molecule has 6 nitrogen and oxygen atoms in total. The van der Waals surface area contributed by atoms with Gasteiger partial charge in [-0.25, -0.2) is 8.42 Å². The molecule has 0 bridgehead atoms. The fraction of sp³-hybridized carbons (Fsp3) is 0.409. The van der Waals surface area contributed by atoms with E-state index in [0.717, 1.165) is 40.3 Å². The first kappa shape index (κ1) is 22.7. The predicted molar refractivity (Wildman–Crippen MR) is 117 cm³/mol. The topological polar surface area (TPSA) is 75.7 Å². The van der Waals surface area contributed by atoms with Crippen molar-refractivity contribution in [1.82, 2.24) is 5.32 Å². The average Bonchev–Trinajstić information content (AvgIpc) is 2.65. The third-order valence-corrected chi connectivity index (χ3v) is 5.64. The second-order valence-electron chi connectivity index (χ2n) is 7.10. The Morgan fingerprint density at radius 1 is 1.07 bits per heavy atom. The molecule has 0 aliphatic heterocycles. The van der Waals surface area contributed by atoms with E-state index in [1.54, 1.807) is 0 Å². The molecule has 0 atom stereocenters. The number of aryl methyl sites for hydroxylation is 3. The highest BCUT2D eigenvalue weighted by atomic mass is 32.2. The lowest BCUT2D eigenvalue weighted by Gasteiger charge is -2.25. The largest absolute Gasteiger partial charge is 0.492 e. The third kappa shape index (κ3) is 6.78. The van der Waals surface area contributed by atoms with Crippen LogP contribution in [0.4, 0.5) is 5.69 Å². The first-order valence-electron chi connectivity index (χ1n) is 9.74. The fourth-order valence-electron chi connectivity index (χ4n) is 3.15. The van der Waals surface area contributed by atoms with E-state index in [2.05, 4.69) is 12.2 Å². The third-order valence-electron chi connectivity index (χ3n) is 4.53. The summed E-state index contributed by atoms with van der Waals surface area (Å²) >= 11 is 0. The fourth-order valence-corrected chi connectivity index (χ4v) is 4.12. The Morgan fingerprint density at radius 3 is 2.24 bits per heavy atom. The molecule has 0 aliphatic carbocycles. The monoisotopic (exact) mass is 418 g/mol. The van der Waals surface area contributed by atoms with E-state index in [-0.39, 0.29) is 12.5 Å². The molecule has 7 heteroatoms. The maximum Gasteiger partial charge on any atom is 0.240 e. The number of rotatable bonds is 10. The van der Waals surface area contributed by atoms with Gasteiger partial charge in [0.2, 0.25) is 15.9 Å². The van der Waals surface area contributed by atoms with Gasteiger partial charge in [0.25, 0.3) is 0 Å². The number of nitrogens with one attached hydrogen (secondary N) is 1. The molecule has 29 heavy (non-hydrogen) atoms. The van der Waals surface area contributed by atoms with Crippen LogP contribution in [0.1, 0.15) is 30.0 Å². The predicted octanol–water partition coefficient (Wildman–Crippen LogP) is 3.22. The van der Waals surface area contributed by atoms with Crippen LogP contribution in [0.15, 0.2) is 42.5 Å². The lowest BCUT2D eigenvalue weighted by molar-refractivity contribution is -0.119. The number of anilines is 1. The normalized spacial score (nSPS) is 11.2. The van der Waals surface area contributed by atoms with Crippen molar-refractivity contribution in [3.8, 4) is 5.75 Å². The van der Waals surface area contributed by atoms with Crippen molar-refractivity contribution in [1.29, 1.82) is 0 Å². The molecule has 0 aliphatic rings. The molecule has 1 amide bonds. The summed E-state index contributed by atoms with van der Waals surface area (Å²) in [7, 11) is -3.60. The van der Waals surface area contributed by atoms with E-state index < -0.39 is 10.0 Å². The number of hydrogen-bond donors (Lipinski definition) is 1. The smallest absolute Gasteiger partial charge is 0.240 e. The minimum atomic E-state index is -3.60. The molecular weight excluding hydrogens is 388 g/mol. The number of carbonyl (C=O) groups is 1. The molecule has 0 spiro atoms. The van der Waals surface area contributed by atoms with Gasteiger partial charge in [-0.05, 0) is 49.1 Å². The van der Waals surface area contributed by atoms with Crippen molar-refractivity contribution in [2.24, 2.45) is 0 Å². The molecule has 158 valence electrons. The van der Waals surface area contributed by atoms with Crippen LogP contribution < -0.4 is 14.4 Å². The van der Waals surface area contributed by atoms with E-state index in [1.165, 1.54) is 5.56 Å². The zero-order chi connectivity index (χ0) is 21.4. The highest BCUT2D eigenvalue weighted by Gasteiger charge is 2.23. The lowest BCUT2D eigenvalue weighted by Crippen LogP contribution is -2.42. The van der Waals surface area contributed by atoms with Crippen molar-refractivity contribution in [3.63, 3.8) is 0 Å². The molecule has 2 aromatic rings. The van der Waals surface area contributed by atoms with Gasteiger partial charge in [-0.15, -0.1) is 0 Å². The summed E-state index contributed by atoms with van der Waals surface area (Å²) in [5, 5.41) is 2.73. The number of para-hydroxylation sites is 1. The number of carbonyl (C=O) groups excluding carboxylic acids is 1. The van der Waals surface area contributed by atoms with Crippen molar-refractivity contribution < 1.29 is 17.9 Å². The zero-order valence-corrected chi connectivity index (χ0v) is 18.4. The summed E-state index contributed by atoms with van der Waals surface area (Å²) in [4.78, 5) is 12.4. The van der Waals surface area contributed by atoms with Crippen LogP contribution >= 0.6 is 0 Å². The quantitative estimate of drug-likeness (QED) is 0.601. The van der Waals surface area contributed by atoms with E-state index in [4.69, 9.17) is 4.74 Å². The summed E-state index contributed by atoms with van der Waals surface area (Å²) in [6.07, 6.45) is 3.24.